The molecule has 4 rings (SSSR count). The van der Waals surface area contributed by atoms with E-state index in [1.165, 1.54) is 18.4 Å². The Balaban J connectivity index is 1.66. The minimum absolute atomic E-state index is 0.753. The van der Waals surface area contributed by atoms with Gasteiger partial charge in [-0.2, -0.15) is 0 Å². The summed E-state index contributed by atoms with van der Waals surface area (Å²) in [5, 5.41) is 0. The van der Waals surface area contributed by atoms with Crippen LogP contribution in [0.25, 0.3) is 0 Å². The third-order valence-electron chi connectivity index (χ3n) is 6.62. The van der Waals surface area contributed by atoms with Crippen molar-refractivity contribution in [3.05, 3.63) is 0 Å². The molecule has 1 heterocycles. The van der Waals surface area contributed by atoms with Gasteiger partial charge in [-0.3, -0.25) is 4.90 Å². The van der Waals surface area contributed by atoms with Gasteiger partial charge >= 0.3 is 0 Å². The van der Waals surface area contributed by atoms with Crippen LogP contribution in [0.15, 0.2) is 0 Å². The molecule has 3 saturated carbocycles. The zero-order chi connectivity index (χ0) is 11.9. The van der Waals surface area contributed by atoms with Crippen molar-refractivity contribution in [2.45, 2.75) is 52.6 Å². The van der Waals surface area contributed by atoms with E-state index in [9.17, 15) is 0 Å². The third-order valence-corrected chi connectivity index (χ3v) is 6.62. The van der Waals surface area contributed by atoms with Crippen LogP contribution in [0.2, 0.25) is 0 Å². The van der Waals surface area contributed by atoms with E-state index in [2.05, 4.69) is 32.6 Å². The summed E-state index contributed by atoms with van der Waals surface area (Å²) >= 11 is 0. The Hall–Kier alpha value is -0.0400. The fourth-order valence-corrected chi connectivity index (χ4v) is 6.15. The quantitative estimate of drug-likeness (QED) is 0.707. The van der Waals surface area contributed by atoms with Gasteiger partial charge in [0.1, 0.15) is 0 Å². The summed E-state index contributed by atoms with van der Waals surface area (Å²) in [6, 6.07) is 1.65. The van der Waals surface area contributed by atoms with Crippen LogP contribution in [0.4, 0.5) is 0 Å². The molecule has 1 aliphatic heterocycles. The Morgan fingerprint density at radius 3 is 2.06 bits per heavy atom. The van der Waals surface area contributed by atoms with Crippen LogP contribution in [-0.4, -0.2) is 23.5 Å². The largest absolute Gasteiger partial charge is 0.297 e. The standard InChI is InChI=1S/C16H27N/c1-8(2)16-15-13-6-12(10-5-11(10)13)14(15)7-17(16)9(3)4/h8-16H,5-7H2,1-4H3. The summed E-state index contributed by atoms with van der Waals surface area (Å²) in [4.78, 5) is 2.85. The number of hydrogen-bond donors (Lipinski definition) is 0. The molecule has 0 radical (unpaired) electrons. The monoisotopic (exact) mass is 233 g/mol. The van der Waals surface area contributed by atoms with Gasteiger partial charge in [0.2, 0.25) is 0 Å². The van der Waals surface area contributed by atoms with Crippen LogP contribution < -0.4 is 0 Å². The molecule has 0 N–H and O–H groups in total. The van der Waals surface area contributed by atoms with Crippen LogP contribution >= 0.6 is 0 Å². The molecule has 0 aromatic rings. The van der Waals surface area contributed by atoms with Gasteiger partial charge in [-0.1, -0.05) is 13.8 Å². The summed E-state index contributed by atoms with van der Waals surface area (Å²) in [5.74, 6) is 7.63. The Bertz CT molecular complexity index is 334. The molecule has 1 nitrogen and oxygen atoms in total. The third kappa shape index (κ3) is 1.25. The van der Waals surface area contributed by atoms with Crippen LogP contribution in [0.3, 0.4) is 0 Å². The first-order valence-corrected chi connectivity index (χ1v) is 7.85. The van der Waals surface area contributed by atoms with E-state index in [4.69, 9.17) is 0 Å². The van der Waals surface area contributed by atoms with Gasteiger partial charge in [0.25, 0.3) is 0 Å². The maximum Gasteiger partial charge on any atom is 0.0155 e. The first-order valence-electron chi connectivity index (χ1n) is 7.85. The highest BCUT2D eigenvalue weighted by Gasteiger charge is 2.68. The molecule has 2 bridgehead atoms. The smallest absolute Gasteiger partial charge is 0.0155 e. The van der Waals surface area contributed by atoms with Crippen LogP contribution in [0.1, 0.15) is 40.5 Å². The van der Waals surface area contributed by atoms with Crippen molar-refractivity contribution in [1.82, 2.24) is 4.90 Å². The minimum Gasteiger partial charge on any atom is -0.297 e. The second-order valence-corrected chi connectivity index (χ2v) is 7.89. The van der Waals surface area contributed by atoms with Gasteiger partial charge in [-0.15, -0.1) is 0 Å². The van der Waals surface area contributed by atoms with Crippen molar-refractivity contribution in [2.24, 2.45) is 41.4 Å². The maximum atomic E-state index is 2.85. The van der Waals surface area contributed by atoms with Crippen molar-refractivity contribution in [3.63, 3.8) is 0 Å². The van der Waals surface area contributed by atoms with E-state index < -0.39 is 0 Å². The summed E-state index contributed by atoms with van der Waals surface area (Å²) in [5.41, 5.74) is 0. The molecule has 0 aromatic heterocycles. The molecule has 0 aromatic carbocycles. The SMILES string of the molecule is CC(C)C1C2C3CC(C4CC43)C2CN1C(C)C. The molecule has 1 heteroatoms. The molecule has 1 saturated heterocycles. The first kappa shape index (κ1) is 10.8. The molecule has 0 amide bonds. The van der Waals surface area contributed by atoms with E-state index >= 15 is 0 Å². The Labute approximate surface area is 106 Å². The van der Waals surface area contributed by atoms with Crippen LogP contribution in [0.5, 0.6) is 0 Å². The second kappa shape index (κ2) is 3.29. The molecule has 96 valence electrons. The summed E-state index contributed by atoms with van der Waals surface area (Å²) in [7, 11) is 0. The summed E-state index contributed by atoms with van der Waals surface area (Å²) in [6.45, 7) is 11.1. The Kier molecular flexibility index (Phi) is 2.10. The van der Waals surface area contributed by atoms with Crippen molar-refractivity contribution < 1.29 is 0 Å². The van der Waals surface area contributed by atoms with E-state index in [0.29, 0.717) is 0 Å². The molecule has 4 aliphatic rings. The van der Waals surface area contributed by atoms with Gasteiger partial charge in [0.15, 0.2) is 0 Å². The molecule has 7 atom stereocenters. The lowest BCUT2D eigenvalue weighted by molar-refractivity contribution is 0.116. The van der Waals surface area contributed by atoms with Crippen LogP contribution in [-0.2, 0) is 0 Å². The lowest BCUT2D eigenvalue weighted by Gasteiger charge is -2.36. The number of hydrogen-bond acceptors (Lipinski definition) is 1. The van der Waals surface area contributed by atoms with Gasteiger partial charge in [-0.05, 0) is 68.1 Å². The molecule has 17 heavy (non-hydrogen) atoms. The lowest BCUT2D eigenvalue weighted by atomic mass is 9.75. The molecule has 3 aliphatic carbocycles. The molecule has 4 fully saturated rings. The topological polar surface area (TPSA) is 3.24 Å². The van der Waals surface area contributed by atoms with Crippen LogP contribution in [0, 0.1) is 41.4 Å². The summed E-state index contributed by atoms with van der Waals surface area (Å²) in [6.07, 6.45) is 3.22. The zero-order valence-electron chi connectivity index (χ0n) is 11.8. The number of nitrogens with zero attached hydrogens (tertiary/aromatic N) is 1. The lowest BCUT2D eigenvalue weighted by Crippen LogP contribution is -2.42. The molecule has 0 spiro atoms. The highest BCUT2D eigenvalue weighted by molar-refractivity contribution is 5.18. The fraction of sp³-hybridized carbons (Fsp3) is 1.00. The second-order valence-electron chi connectivity index (χ2n) is 7.89. The average Bonchev–Trinajstić information content (AvgIpc) is 2.70. The molecular formula is C16H27N. The van der Waals surface area contributed by atoms with Gasteiger partial charge in [-0.25, -0.2) is 0 Å². The van der Waals surface area contributed by atoms with E-state index in [-0.39, 0.29) is 0 Å². The van der Waals surface area contributed by atoms with Gasteiger partial charge in [0, 0.05) is 18.6 Å². The number of rotatable bonds is 2. The molecule has 7 unspecified atom stereocenters. The zero-order valence-corrected chi connectivity index (χ0v) is 11.8. The number of likely N-dealkylation sites (tertiary alicyclic amines) is 1. The highest BCUT2D eigenvalue weighted by atomic mass is 15.2. The van der Waals surface area contributed by atoms with E-state index in [0.717, 1.165) is 41.7 Å². The Morgan fingerprint density at radius 1 is 0.824 bits per heavy atom. The van der Waals surface area contributed by atoms with Crippen molar-refractivity contribution >= 4 is 0 Å². The van der Waals surface area contributed by atoms with Crippen molar-refractivity contribution in [2.75, 3.05) is 6.54 Å². The van der Waals surface area contributed by atoms with Gasteiger partial charge in [0.05, 0.1) is 0 Å². The predicted octanol–water partition coefficient (Wildman–Crippen LogP) is 3.25. The van der Waals surface area contributed by atoms with Crippen molar-refractivity contribution in [3.8, 4) is 0 Å². The highest BCUT2D eigenvalue weighted by Crippen LogP contribution is 2.72. The molecular weight excluding hydrogens is 206 g/mol. The van der Waals surface area contributed by atoms with E-state index in [1.807, 2.05) is 0 Å². The summed E-state index contributed by atoms with van der Waals surface area (Å²) < 4.78 is 0. The minimum atomic E-state index is 0.753. The fourth-order valence-electron chi connectivity index (χ4n) is 6.15. The maximum absolute atomic E-state index is 2.85. The average molecular weight is 233 g/mol. The number of fused-ring (bicyclic) bond motifs is 8. The van der Waals surface area contributed by atoms with Crippen molar-refractivity contribution in [1.29, 1.82) is 0 Å². The van der Waals surface area contributed by atoms with E-state index in [1.54, 1.807) is 12.8 Å². The first-order chi connectivity index (χ1) is 8.09. The predicted molar refractivity (Wildman–Crippen MR) is 70.6 cm³/mol. The van der Waals surface area contributed by atoms with Gasteiger partial charge < -0.3 is 0 Å². The normalized spacial score (nSPS) is 55.8. The Morgan fingerprint density at radius 2 is 1.41 bits per heavy atom.